The molecule has 5 heteroatoms. The minimum absolute atomic E-state index is 0.238. The fourth-order valence-corrected chi connectivity index (χ4v) is 3.51. The summed E-state index contributed by atoms with van der Waals surface area (Å²) in [6, 6.07) is 10.9. The van der Waals surface area contributed by atoms with E-state index in [-0.39, 0.29) is 5.41 Å². The molecule has 25 heavy (non-hydrogen) atoms. The third-order valence-corrected chi connectivity index (χ3v) is 4.95. The second-order valence-electron chi connectivity index (χ2n) is 6.66. The molecular formula is C20H33N3O2. The number of methoxy groups -OCH3 is 1. The molecule has 0 amide bonds. The molecular weight excluding hydrogens is 314 g/mol. The Labute approximate surface area is 152 Å². The molecule has 0 saturated heterocycles. The summed E-state index contributed by atoms with van der Waals surface area (Å²) in [6.07, 6.45) is 6.06. The van der Waals surface area contributed by atoms with Gasteiger partial charge in [0.25, 0.3) is 0 Å². The fourth-order valence-electron chi connectivity index (χ4n) is 3.51. The Morgan fingerprint density at radius 3 is 2.52 bits per heavy atom. The van der Waals surface area contributed by atoms with Gasteiger partial charge in [-0.15, -0.1) is 0 Å². The molecule has 1 aromatic rings. The van der Waals surface area contributed by atoms with E-state index in [2.05, 4.69) is 46.0 Å². The number of ether oxygens (including phenoxy) is 2. The lowest BCUT2D eigenvalue weighted by Crippen LogP contribution is -2.45. The van der Waals surface area contributed by atoms with Crippen molar-refractivity contribution in [1.29, 1.82) is 0 Å². The number of nitrogens with one attached hydrogen (secondary N) is 2. The molecule has 0 atom stereocenters. The minimum Gasteiger partial charge on any atom is -0.382 e. The maximum absolute atomic E-state index is 5.48. The van der Waals surface area contributed by atoms with Crippen LogP contribution in [0, 0.1) is 0 Å². The van der Waals surface area contributed by atoms with Gasteiger partial charge in [0.05, 0.1) is 13.2 Å². The van der Waals surface area contributed by atoms with Crippen LogP contribution >= 0.6 is 0 Å². The van der Waals surface area contributed by atoms with E-state index < -0.39 is 0 Å². The Morgan fingerprint density at radius 1 is 1.08 bits per heavy atom. The lowest BCUT2D eigenvalue weighted by molar-refractivity contribution is 0.0698. The average Bonchev–Trinajstić information content (AvgIpc) is 3.14. The molecule has 0 bridgehead atoms. The molecule has 0 unspecified atom stereocenters. The third-order valence-electron chi connectivity index (χ3n) is 4.95. The molecule has 0 radical (unpaired) electrons. The molecule has 0 heterocycles. The second kappa shape index (κ2) is 11.1. The SMILES string of the molecule is CN=C(NCCCOCCOC)NCC1(c2ccccc2)CCCC1. The van der Waals surface area contributed by atoms with Crippen molar-refractivity contribution < 1.29 is 9.47 Å². The highest BCUT2D eigenvalue weighted by Gasteiger charge is 2.35. The van der Waals surface area contributed by atoms with E-state index in [1.54, 1.807) is 7.11 Å². The first-order valence-electron chi connectivity index (χ1n) is 9.37. The number of rotatable bonds is 10. The smallest absolute Gasteiger partial charge is 0.191 e. The van der Waals surface area contributed by atoms with Crippen LogP contribution in [-0.4, -0.2) is 53.0 Å². The van der Waals surface area contributed by atoms with Crippen LogP contribution < -0.4 is 10.6 Å². The number of nitrogens with zero attached hydrogens (tertiary/aromatic N) is 1. The lowest BCUT2D eigenvalue weighted by atomic mass is 9.79. The zero-order valence-corrected chi connectivity index (χ0v) is 15.7. The van der Waals surface area contributed by atoms with Crippen LogP contribution in [-0.2, 0) is 14.9 Å². The van der Waals surface area contributed by atoms with Crippen LogP contribution in [0.1, 0.15) is 37.7 Å². The molecule has 140 valence electrons. The van der Waals surface area contributed by atoms with Crippen molar-refractivity contribution in [1.82, 2.24) is 10.6 Å². The third kappa shape index (κ3) is 6.33. The summed E-state index contributed by atoms with van der Waals surface area (Å²) < 4.78 is 10.4. The first kappa shape index (κ1) is 19.7. The molecule has 5 nitrogen and oxygen atoms in total. The van der Waals surface area contributed by atoms with E-state index >= 15 is 0 Å². The Bertz CT molecular complexity index is 499. The van der Waals surface area contributed by atoms with Gasteiger partial charge in [0, 0.05) is 39.3 Å². The van der Waals surface area contributed by atoms with Crippen LogP contribution in [0.2, 0.25) is 0 Å². The normalized spacial score (nSPS) is 16.8. The van der Waals surface area contributed by atoms with Crippen LogP contribution in [0.3, 0.4) is 0 Å². The number of aliphatic imine (C=N–C) groups is 1. The second-order valence-corrected chi connectivity index (χ2v) is 6.66. The van der Waals surface area contributed by atoms with Crippen LogP contribution in [0.4, 0.5) is 0 Å². The van der Waals surface area contributed by atoms with E-state index in [1.807, 2.05) is 7.05 Å². The first-order valence-corrected chi connectivity index (χ1v) is 9.37. The van der Waals surface area contributed by atoms with Gasteiger partial charge >= 0.3 is 0 Å². The zero-order valence-electron chi connectivity index (χ0n) is 15.7. The van der Waals surface area contributed by atoms with Crippen molar-refractivity contribution in [2.24, 2.45) is 4.99 Å². The highest BCUT2D eigenvalue weighted by Crippen LogP contribution is 2.40. The van der Waals surface area contributed by atoms with Gasteiger partial charge in [-0.1, -0.05) is 43.2 Å². The van der Waals surface area contributed by atoms with E-state index in [9.17, 15) is 0 Å². The largest absolute Gasteiger partial charge is 0.382 e. The van der Waals surface area contributed by atoms with Gasteiger partial charge in [0.15, 0.2) is 5.96 Å². The van der Waals surface area contributed by atoms with Gasteiger partial charge < -0.3 is 20.1 Å². The average molecular weight is 348 g/mol. The molecule has 0 spiro atoms. The van der Waals surface area contributed by atoms with Crippen LogP contribution in [0.15, 0.2) is 35.3 Å². The highest BCUT2D eigenvalue weighted by molar-refractivity contribution is 5.79. The molecule has 1 aromatic carbocycles. The van der Waals surface area contributed by atoms with Crippen molar-refractivity contribution in [2.75, 3.05) is 47.1 Å². The Morgan fingerprint density at radius 2 is 1.84 bits per heavy atom. The summed E-state index contributed by atoms with van der Waals surface area (Å²) >= 11 is 0. The van der Waals surface area contributed by atoms with E-state index in [0.717, 1.165) is 32.1 Å². The number of benzene rings is 1. The Kier molecular flexibility index (Phi) is 8.77. The summed E-state index contributed by atoms with van der Waals surface area (Å²) in [5.41, 5.74) is 1.68. The lowest BCUT2D eigenvalue weighted by Gasteiger charge is -2.30. The number of hydrogen-bond acceptors (Lipinski definition) is 3. The molecule has 2 rings (SSSR count). The van der Waals surface area contributed by atoms with Gasteiger partial charge in [-0.05, 0) is 24.8 Å². The topological polar surface area (TPSA) is 54.9 Å². The maximum Gasteiger partial charge on any atom is 0.191 e. The summed E-state index contributed by atoms with van der Waals surface area (Å²) in [4.78, 5) is 4.35. The van der Waals surface area contributed by atoms with Crippen LogP contribution in [0.5, 0.6) is 0 Å². The van der Waals surface area contributed by atoms with Gasteiger partial charge in [-0.3, -0.25) is 4.99 Å². The van der Waals surface area contributed by atoms with Crippen molar-refractivity contribution >= 4 is 5.96 Å². The maximum atomic E-state index is 5.48. The number of guanidine groups is 1. The van der Waals surface area contributed by atoms with E-state index in [0.29, 0.717) is 13.2 Å². The van der Waals surface area contributed by atoms with E-state index in [4.69, 9.17) is 9.47 Å². The standard InChI is InChI=1S/C20H33N3O2/c1-21-19(22-13-8-14-25-16-15-24-2)23-17-20(11-6-7-12-20)18-9-4-3-5-10-18/h3-5,9-10H,6-8,11-17H2,1-2H3,(H2,21,22,23). The molecule has 0 aromatic heterocycles. The van der Waals surface area contributed by atoms with Gasteiger partial charge in [-0.2, -0.15) is 0 Å². The van der Waals surface area contributed by atoms with Crippen LogP contribution in [0.25, 0.3) is 0 Å². The molecule has 1 saturated carbocycles. The van der Waals surface area contributed by atoms with Crippen molar-refractivity contribution in [2.45, 2.75) is 37.5 Å². The zero-order chi connectivity index (χ0) is 17.8. The monoisotopic (exact) mass is 347 g/mol. The van der Waals surface area contributed by atoms with Crippen molar-refractivity contribution in [3.05, 3.63) is 35.9 Å². The van der Waals surface area contributed by atoms with E-state index in [1.165, 1.54) is 31.2 Å². The summed E-state index contributed by atoms with van der Waals surface area (Å²) in [5.74, 6) is 0.874. The molecule has 2 N–H and O–H groups in total. The summed E-state index contributed by atoms with van der Waals surface area (Å²) in [6.45, 7) is 3.83. The summed E-state index contributed by atoms with van der Waals surface area (Å²) in [7, 11) is 3.52. The quantitative estimate of drug-likeness (QED) is 0.388. The molecule has 1 aliphatic rings. The molecule has 1 aliphatic carbocycles. The number of hydrogen-bond donors (Lipinski definition) is 2. The van der Waals surface area contributed by atoms with Crippen molar-refractivity contribution in [3.8, 4) is 0 Å². The fraction of sp³-hybridized carbons (Fsp3) is 0.650. The summed E-state index contributed by atoms with van der Waals surface area (Å²) in [5, 5.41) is 6.92. The van der Waals surface area contributed by atoms with Gasteiger partial charge in [0.1, 0.15) is 0 Å². The Hall–Kier alpha value is -1.59. The van der Waals surface area contributed by atoms with Gasteiger partial charge in [-0.25, -0.2) is 0 Å². The first-order chi connectivity index (χ1) is 12.3. The van der Waals surface area contributed by atoms with Gasteiger partial charge in [0.2, 0.25) is 0 Å². The molecule has 0 aliphatic heterocycles. The predicted molar refractivity (Wildman–Crippen MR) is 103 cm³/mol. The predicted octanol–water partition coefficient (Wildman–Crippen LogP) is 2.72. The van der Waals surface area contributed by atoms with Crippen molar-refractivity contribution in [3.63, 3.8) is 0 Å². The molecule has 1 fully saturated rings. The highest BCUT2D eigenvalue weighted by atomic mass is 16.5. The Balaban J connectivity index is 1.75. The minimum atomic E-state index is 0.238.